The van der Waals surface area contributed by atoms with Crippen LogP contribution >= 0.6 is 0 Å². The molecule has 0 radical (unpaired) electrons. The van der Waals surface area contributed by atoms with Crippen LogP contribution in [-0.4, -0.2) is 19.3 Å². The summed E-state index contributed by atoms with van der Waals surface area (Å²) in [6, 6.07) is 10.0. The molecule has 1 aromatic heterocycles. The lowest BCUT2D eigenvalue weighted by molar-refractivity contribution is 0.0985. The van der Waals surface area contributed by atoms with Gasteiger partial charge in [-0.15, -0.1) is 0 Å². The van der Waals surface area contributed by atoms with Gasteiger partial charge in [0.25, 0.3) is 15.9 Å². The minimum absolute atomic E-state index is 0.0648. The number of pyridine rings is 1. The van der Waals surface area contributed by atoms with Gasteiger partial charge >= 0.3 is 0 Å². The van der Waals surface area contributed by atoms with Crippen LogP contribution in [0.3, 0.4) is 0 Å². The predicted octanol–water partition coefficient (Wildman–Crippen LogP) is 1.51. The summed E-state index contributed by atoms with van der Waals surface area (Å²) in [5.41, 5.74) is 1.43. The molecule has 0 saturated carbocycles. The molecule has 6 heteroatoms. The third-order valence-corrected chi connectivity index (χ3v) is 3.85. The minimum atomic E-state index is -3.55. The fourth-order valence-corrected chi connectivity index (χ4v) is 2.74. The zero-order valence-electron chi connectivity index (χ0n) is 10.2. The van der Waals surface area contributed by atoms with Gasteiger partial charge in [0.05, 0.1) is 5.56 Å². The maximum Gasteiger partial charge on any atom is 0.266 e. The summed E-state index contributed by atoms with van der Waals surface area (Å²) in [5, 5.41) is 0. The number of benzene rings is 1. The second kappa shape index (κ2) is 5.19. The van der Waals surface area contributed by atoms with E-state index in [4.69, 9.17) is 0 Å². The number of rotatable bonds is 0. The highest BCUT2D eigenvalue weighted by Crippen LogP contribution is 2.20. The van der Waals surface area contributed by atoms with Crippen molar-refractivity contribution in [3.05, 3.63) is 59.9 Å². The number of nitrogens with zero attached hydrogens (tertiary/aromatic N) is 1. The van der Waals surface area contributed by atoms with Crippen LogP contribution in [0.25, 0.3) is 0 Å². The molecule has 2 aromatic rings. The van der Waals surface area contributed by atoms with E-state index in [0.29, 0.717) is 0 Å². The van der Waals surface area contributed by atoms with Gasteiger partial charge in [0.2, 0.25) is 0 Å². The van der Waals surface area contributed by atoms with E-state index in [9.17, 15) is 13.2 Å². The second-order valence-corrected chi connectivity index (χ2v) is 5.61. The van der Waals surface area contributed by atoms with Gasteiger partial charge in [-0.05, 0) is 30.7 Å². The number of aryl methyl sites for hydroxylation is 1. The topological polar surface area (TPSA) is 76.1 Å². The van der Waals surface area contributed by atoms with Crippen LogP contribution < -0.4 is 4.72 Å². The van der Waals surface area contributed by atoms with Gasteiger partial charge < -0.3 is 0 Å². The van der Waals surface area contributed by atoms with E-state index in [2.05, 4.69) is 4.98 Å². The van der Waals surface area contributed by atoms with Crippen LogP contribution in [0.15, 0.2) is 53.7 Å². The highest BCUT2D eigenvalue weighted by atomic mass is 32.2. The lowest BCUT2D eigenvalue weighted by atomic mass is 10.2. The Labute approximate surface area is 111 Å². The standard InChI is InChI=1S/C7H5NO3S.C6H7N/c9-7-5-3-1-2-4-6(5)12(10,11)8-7;1-6-3-2-4-7-5-6/h1-4H,(H,8,9);2-5H,1H3. The number of sulfonamides is 1. The van der Waals surface area contributed by atoms with E-state index in [1.165, 1.54) is 17.7 Å². The van der Waals surface area contributed by atoms with Gasteiger partial charge in [-0.1, -0.05) is 18.2 Å². The molecular weight excluding hydrogens is 264 g/mol. The number of hydrogen-bond donors (Lipinski definition) is 1. The normalized spacial score (nSPS) is 14.9. The smallest absolute Gasteiger partial charge is 0.266 e. The molecule has 1 aliphatic rings. The number of hydrogen-bond acceptors (Lipinski definition) is 4. The highest BCUT2D eigenvalue weighted by molar-refractivity contribution is 7.90. The molecule has 0 aliphatic carbocycles. The molecule has 1 N–H and O–H groups in total. The van der Waals surface area contributed by atoms with Crippen molar-refractivity contribution >= 4 is 15.9 Å². The number of carbonyl (C=O) groups excluding carboxylic acids is 1. The molecular formula is C13H12N2O3S. The molecule has 19 heavy (non-hydrogen) atoms. The molecule has 0 saturated heterocycles. The molecule has 1 aliphatic heterocycles. The Hall–Kier alpha value is -2.21. The van der Waals surface area contributed by atoms with Crippen molar-refractivity contribution in [3.63, 3.8) is 0 Å². The van der Waals surface area contributed by atoms with E-state index >= 15 is 0 Å². The average molecular weight is 276 g/mol. The maximum atomic E-state index is 11.1. The molecule has 0 bridgehead atoms. The summed E-state index contributed by atoms with van der Waals surface area (Å²) < 4.78 is 24.2. The summed E-state index contributed by atoms with van der Waals surface area (Å²) in [6.07, 6.45) is 3.60. The number of fused-ring (bicyclic) bond motifs is 1. The van der Waals surface area contributed by atoms with Crippen LogP contribution in [0.4, 0.5) is 0 Å². The predicted molar refractivity (Wildman–Crippen MR) is 70.1 cm³/mol. The van der Waals surface area contributed by atoms with Gasteiger partial charge in [0.1, 0.15) is 4.90 Å². The van der Waals surface area contributed by atoms with E-state index in [1.807, 2.05) is 30.0 Å². The molecule has 0 atom stereocenters. The Morgan fingerprint density at radius 1 is 1.11 bits per heavy atom. The lowest BCUT2D eigenvalue weighted by Gasteiger charge is -1.91. The minimum Gasteiger partial charge on any atom is -0.268 e. The number of carbonyl (C=O) groups is 1. The van der Waals surface area contributed by atoms with Gasteiger partial charge in [-0.25, -0.2) is 13.1 Å². The number of aromatic nitrogens is 1. The van der Waals surface area contributed by atoms with E-state index in [0.717, 1.165) is 0 Å². The zero-order valence-corrected chi connectivity index (χ0v) is 11.0. The Balaban J connectivity index is 0.000000163. The van der Waals surface area contributed by atoms with Gasteiger partial charge in [-0.2, -0.15) is 0 Å². The van der Waals surface area contributed by atoms with Crippen molar-refractivity contribution in [1.82, 2.24) is 9.71 Å². The summed E-state index contributed by atoms with van der Waals surface area (Å²) in [4.78, 5) is 14.9. The fraction of sp³-hybridized carbons (Fsp3) is 0.0769. The maximum absolute atomic E-state index is 11.1. The van der Waals surface area contributed by atoms with Crippen LogP contribution in [0.5, 0.6) is 0 Å². The Bertz CT molecular complexity index is 697. The summed E-state index contributed by atoms with van der Waals surface area (Å²) >= 11 is 0. The van der Waals surface area contributed by atoms with Crippen molar-refractivity contribution in [2.45, 2.75) is 11.8 Å². The van der Waals surface area contributed by atoms with Crippen molar-refractivity contribution in [2.24, 2.45) is 0 Å². The van der Waals surface area contributed by atoms with Crippen LogP contribution in [0, 0.1) is 6.92 Å². The third-order valence-electron chi connectivity index (χ3n) is 2.46. The summed E-state index contributed by atoms with van der Waals surface area (Å²) in [6.45, 7) is 2.02. The van der Waals surface area contributed by atoms with E-state index in [-0.39, 0.29) is 10.5 Å². The van der Waals surface area contributed by atoms with E-state index in [1.54, 1.807) is 18.3 Å². The molecule has 5 nitrogen and oxygen atoms in total. The molecule has 0 unspecified atom stereocenters. The SMILES string of the molecule is Cc1cccnc1.O=C1NS(=O)(=O)c2ccccc21. The van der Waals surface area contributed by atoms with Gasteiger partial charge in [0, 0.05) is 12.4 Å². The summed E-state index contributed by atoms with van der Waals surface area (Å²) in [5.74, 6) is -0.550. The third kappa shape index (κ3) is 2.97. The monoisotopic (exact) mass is 276 g/mol. The van der Waals surface area contributed by atoms with Gasteiger partial charge in [0.15, 0.2) is 0 Å². The molecule has 0 fully saturated rings. The van der Waals surface area contributed by atoms with Crippen molar-refractivity contribution in [2.75, 3.05) is 0 Å². The second-order valence-electron chi connectivity index (χ2n) is 3.96. The van der Waals surface area contributed by atoms with Crippen LogP contribution in [0.1, 0.15) is 15.9 Å². The molecule has 2 heterocycles. The Morgan fingerprint density at radius 3 is 2.37 bits per heavy atom. The van der Waals surface area contributed by atoms with Crippen molar-refractivity contribution in [3.8, 4) is 0 Å². The van der Waals surface area contributed by atoms with Crippen molar-refractivity contribution < 1.29 is 13.2 Å². The zero-order chi connectivity index (χ0) is 13.9. The number of amides is 1. The molecule has 3 rings (SSSR count). The van der Waals surface area contributed by atoms with Crippen molar-refractivity contribution in [1.29, 1.82) is 0 Å². The Kier molecular flexibility index (Phi) is 3.62. The largest absolute Gasteiger partial charge is 0.268 e. The first-order valence-electron chi connectivity index (χ1n) is 5.53. The fourth-order valence-electron chi connectivity index (χ4n) is 1.57. The first kappa shape index (κ1) is 13.2. The quantitative estimate of drug-likeness (QED) is 0.791. The molecule has 98 valence electrons. The first-order chi connectivity index (χ1) is 9.00. The molecule has 1 aromatic carbocycles. The van der Waals surface area contributed by atoms with Gasteiger partial charge in [-0.3, -0.25) is 9.78 Å². The van der Waals surface area contributed by atoms with E-state index < -0.39 is 15.9 Å². The Morgan fingerprint density at radius 2 is 1.84 bits per heavy atom. The lowest BCUT2D eigenvalue weighted by Crippen LogP contribution is -2.20. The molecule has 1 amide bonds. The van der Waals surface area contributed by atoms with Crippen LogP contribution in [0.2, 0.25) is 0 Å². The average Bonchev–Trinajstić information content (AvgIpc) is 2.62. The molecule has 0 spiro atoms. The summed E-state index contributed by atoms with van der Waals surface area (Å²) in [7, 11) is -3.55. The van der Waals surface area contributed by atoms with Crippen LogP contribution in [-0.2, 0) is 10.0 Å². The number of nitrogens with one attached hydrogen (secondary N) is 1. The first-order valence-corrected chi connectivity index (χ1v) is 7.02. The highest BCUT2D eigenvalue weighted by Gasteiger charge is 2.31.